The van der Waals surface area contributed by atoms with Crippen molar-refractivity contribution in [3.63, 3.8) is 0 Å². The molecule has 0 aliphatic heterocycles. The number of amides is 1. The molecule has 1 saturated carbocycles. The summed E-state index contributed by atoms with van der Waals surface area (Å²) in [6, 6.07) is 0. The van der Waals surface area contributed by atoms with Crippen molar-refractivity contribution in [2.24, 2.45) is 11.3 Å². The Labute approximate surface area is 66.2 Å². The summed E-state index contributed by atoms with van der Waals surface area (Å²) >= 11 is 0. The highest BCUT2D eigenvalue weighted by Crippen LogP contribution is 2.51. The maximum Gasteiger partial charge on any atom is 0.223 e. The van der Waals surface area contributed by atoms with Crippen LogP contribution >= 0.6 is 0 Å². The number of rotatable bonds is 3. The first-order chi connectivity index (χ1) is 5.08. The van der Waals surface area contributed by atoms with Crippen molar-refractivity contribution in [1.29, 1.82) is 0 Å². The van der Waals surface area contributed by atoms with E-state index < -0.39 is 6.67 Å². The molecule has 64 valence electrons. The Morgan fingerprint density at radius 3 is 2.64 bits per heavy atom. The van der Waals surface area contributed by atoms with Gasteiger partial charge in [0.05, 0.1) is 0 Å². The van der Waals surface area contributed by atoms with Crippen molar-refractivity contribution >= 4 is 5.91 Å². The van der Waals surface area contributed by atoms with Crippen LogP contribution in [0.25, 0.3) is 0 Å². The van der Waals surface area contributed by atoms with Gasteiger partial charge in [0.25, 0.3) is 0 Å². The lowest BCUT2D eigenvalue weighted by Gasteiger charge is -2.03. The monoisotopic (exact) mass is 159 g/mol. The van der Waals surface area contributed by atoms with Crippen LogP contribution in [0.4, 0.5) is 4.39 Å². The zero-order valence-electron chi connectivity index (χ0n) is 6.98. The first kappa shape index (κ1) is 8.50. The molecular formula is C8H14FNO. The van der Waals surface area contributed by atoms with Gasteiger partial charge < -0.3 is 5.32 Å². The van der Waals surface area contributed by atoms with Crippen LogP contribution in [0, 0.1) is 11.3 Å². The van der Waals surface area contributed by atoms with Gasteiger partial charge >= 0.3 is 0 Å². The van der Waals surface area contributed by atoms with Crippen LogP contribution in [-0.2, 0) is 4.79 Å². The van der Waals surface area contributed by atoms with Gasteiger partial charge in [-0.1, -0.05) is 13.8 Å². The number of hydrogen-bond acceptors (Lipinski definition) is 1. The molecule has 11 heavy (non-hydrogen) atoms. The van der Waals surface area contributed by atoms with E-state index in [1.165, 1.54) is 0 Å². The SMILES string of the molecule is CC1(C)CC1C(=O)NCCF. The number of halogens is 1. The molecule has 1 N–H and O–H groups in total. The standard InChI is InChI=1S/C8H14FNO/c1-8(2)5-6(8)7(11)10-4-3-9/h6H,3-5H2,1-2H3,(H,10,11). The topological polar surface area (TPSA) is 29.1 Å². The van der Waals surface area contributed by atoms with Crippen molar-refractivity contribution in [2.45, 2.75) is 20.3 Å². The number of carbonyl (C=O) groups excluding carboxylic acids is 1. The Hall–Kier alpha value is -0.600. The molecule has 1 unspecified atom stereocenters. The van der Waals surface area contributed by atoms with Gasteiger partial charge in [-0.3, -0.25) is 4.79 Å². The molecule has 1 fully saturated rings. The highest BCUT2D eigenvalue weighted by molar-refractivity contribution is 5.82. The zero-order valence-corrected chi connectivity index (χ0v) is 6.98. The minimum Gasteiger partial charge on any atom is -0.353 e. The molecule has 0 saturated heterocycles. The largest absolute Gasteiger partial charge is 0.353 e. The predicted molar refractivity (Wildman–Crippen MR) is 40.9 cm³/mol. The molecular weight excluding hydrogens is 145 g/mol. The molecule has 0 radical (unpaired) electrons. The molecule has 0 bridgehead atoms. The van der Waals surface area contributed by atoms with Crippen molar-refractivity contribution in [3.8, 4) is 0 Å². The summed E-state index contributed by atoms with van der Waals surface area (Å²) in [5, 5.41) is 2.54. The summed E-state index contributed by atoms with van der Waals surface area (Å²) < 4.78 is 11.6. The fourth-order valence-corrected chi connectivity index (χ4v) is 1.21. The average molecular weight is 159 g/mol. The quantitative estimate of drug-likeness (QED) is 0.656. The fraction of sp³-hybridized carbons (Fsp3) is 0.875. The van der Waals surface area contributed by atoms with E-state index in [-0.39, 0.29) is 23.8 Å². The Morgan fingerprint density at radius 1 is 1.73 bits per heavy atom. The van der Waals surface area contributed by atoms with Crippen LogP contribution in [0.15, 0.2) is 0 Å². The fourth-order valence-electron chi connectivity index (χ4n) is 1.21. The Kier molecular flexibility index (Phi) is 2.16. The molecule has 1 atom stereocenters. The molecule has 0 aromatic carbocycles. The van der Waals surface area contributed by atoms with Crippen LogP contribution in [0.3, 0.4) is 0 Å². The van der Waals surface area contributed by atoms with Gasteiger partial charge in [0.1, 0.15) is 6.67 Å². The van der Waals surface area contributed by atoms with Crippen molar-refractivity contribution < 1.29 is 9.18 Å². The smallest absolute Gasteiger partial charge is 0.223 e. The summed E-state index contributed by atoms with van der Waals surface area (Å²) in [4.78, 5) is 11.1. The van der Waals surface area contributed by atoms with E-state index in [4.69, 9.17) is 0 Å². The number of nitrogens with one attached hydrogen (secondary N) is 1. The lowest BCUT2D eigenvalue weighted by atomic mass is 10.1. The van der Waals surface area contributed by atoms with Crippen LogP contribution < -0.4 is 5.32 Å². The minimum absolute atomic E-state index is 0.00708. The lowest BCUT2D eigenvalue weighted by Crippen LogP contribution is -2.28. The third-order valence-corrected chi connectivity index (χ3v) is 2.22. The van der Waals surface area contributed by atoms with E-state index in [0.29, 0.717) is 0 Å². The summed E-state index contributed by atoms with van der Waals surface area (Å²) in [6.45, 7) is 3.78. The van der Waals surface area contributed by atoms with Gasteiger partial charge in [0.2, 0.25) is 5.91 Å². The van der Waals surface area contributed by atoms with E-state index in [1.807, 2.05) is 13.8 Å². The highest BCUT2D eigenvalue weighted by Gasteiger charge is 2.50. The molecule has 1 aliphatic rings. The molecule has 2 nitrogen and oxygen atoms in total. The lowest BCUT2D eigenvalue weighted by molar-refractivity contribution is -0.123. The van der Waals surface area contributed by atoms with E-state index >= 15 is 0 Å². The molecule has 3 heteroatoms. The number of carbonyl (C=O) groups is 1. The van der Waals surface area contributed by atoms with E-state index in [2.05, 4.69) is 5.32 Å². The molecule has 0 aromatic heterocycles. The third kappa shape index (κ3) is 1.91. The van der Waals surface area contributed by atoms with Gasteiger partial charge in [-0.05, 0) is 11.8 Å². The zero-order chi connectivity index (χ0) is 8.48. The molecule has 1 aliphatic carbocycles. The molecule has 1 amide bonds. The van der Waals surface area contributed by atoms with Gasteiger partial charge in [-0.25, -0.2) is 4.39 Å². The summed E-state index contributed by atoms with van der Waals surface area (Å²) in [5.41, 5.74) is 0.153. The van der Waals surface area contributed by atoms with Crippen molar-refractivity contribution in [3.05, 3.63) is 0 Å². The van der Waals surface area contributed by atoms with E-state index in [9.17, 15) is 9.18 Å². The van der Waals surface area contributed by atoms with E-state index in [0.717, 1.165) is 6.42 Å². The predicted octanol–water partition coefficient (Wildman–Crippen LogP) is 1.12. The molecule has 1 rings (SSSR count). The number of hydrogen-bond donors (Lipinski definition) is 1. The Balaban J connectivity index is 2.23. The van der Waals surface area contributed by atoms with Crippen LogP contribution in [0.2, 0.25) is 0 Å². The average Bonchev–Trinajstić information content (AvgIpc) is 2.55. The first-order valence-corrected chi connectivity index (χ1v) is 3.91. The van der Waals surface area contributed by atoms with Gasteiger partial charge in [0, 0.05) is 12.5 Å². The Morgan fingerprint density at radius 2 is 2.27 bits per heavy atom. The second-order valence-electron chi connectivity index (χ2n) is 3.73. The van der Waals surface area contributed by atoms with Crippen molar-refractivity contribution in [2.75, 3.05) is 13.2 Å². The minimum atomic E-state index is -0.473. The van der Waals surface area contributed by atoms with Gasteiger partial charge in [0.15, 0.2) is 0 Å². The highest BCUT2D eigenvalue weighted by atomic mass is 19.1. The maximum absolute atomic E-state index is 11.6. The molecule has 0 aromatic rings. The summed E-state index contributed by atoms with van der Waals surface area (Å²) in [5.74, 6) is 0.127. The van der Waals surface area contributed by atoms with Crippen LogP contribution in [-0.4, -0.2) is 19.1 Å². The second kappa shape index (κ2) is 2.80. The normalized spacial score (nSPS) is 26.3. The third-order valence-electron chi connectivity index (χ3n) is 2.22. The van der Waals surface area contributed by atoms with Crippen LogP contribution in [0.5, 0.6) is 0 Å². The number of alkyl halides is 1. The summed E-state index contributed by atoms with van der Waals surface area (Å²) in [6.07, 6.45) is 0.936. The summed E-state index contributed by atoms with van der Waals surface area (Å²) in [7, 11) is 0. The first-order valence-electron chi connectivity index (χ1n) is 3.91. The molecule has 0 spiro atoms. The maximum atomic E-state index is 11.6. The van der Waals surface area contributed by atoms with Gasteiger partial charge in [-0.15, -0.1) is 0 Å². The van der Waals surface area contributed by atoms with Gasteiger partial charge in [-0.2, -0.15) is 0 Å². The van der Waals surface area contributed by atoms with Crippen LogP contribution in [0.1, 0.15) is 20.3 Å². The molecule has 0 heterocycles. The van der Waals surface area contributed by atoms with E-state index in [1.54, 1.807) is 0 Å². The second-order valence-corrected chi connectivity index (χ2v) is 3.73. The Bertz CT molecular complexity index is 167. The van der Waals surface area contributed by atoms with Crippen molar-refractivity contribution in [1.82, 2.24) is 5.32 Å².